The fourth-order valence-corrected chi connectivity index (χ4v) is 1.35. The summed E-state index contributed by atoms with van der Waals surface area (Å²) in [5.74, 6) is -0.136. The third-order valence-electron chi connectivity index (χ3n) is 1.96. The van der Waals surface area contributed by atoms with Crippen LogP contribution in [0.2, 0.25) is 0 Å². The van der Waals surface area contributed by atoms with Gasteiger partial charge in [-0.3, -0.25) is 9.78 Å². The highest BCUT2D eigenvalue weighted by molar-refractivity contribution is 5.69. The van der Waals surface area contributed by atoms with E-state index in [0.29, 0.717) is 6.42 Å². The van der Waals surface area contributed by atoms with Crippen LogP contribution in [0.3, 0.4) is 0 Å². The number of carbonyl (C=O) groups is 1. The topological polar surface area (TPSA) is 39.2 Å². The van der Waals surface area contributed by atoms with Gasteiger partial charge in [0, 0.05) is 18.3 Å². The molecule has 0 aliphatic rings. The average molecular weight is 221 g/mol. The smallest absolute Gasteiger partial charge is 0.306 e. The standard InChI is InChI=1S/C13H19NO2/c1-13(2,3)16-12(15)9-6-8-11-7-4-5-10-14-11/h4-5,7,10H,6,8-9H2,1-3H3. The first kappa shape index (κ1) is 12.7. The van der Waals surface area contributed by atoms with Crippen LogP contribution >= 0.6 is 0 Å². The van der Waals surface area contributed by atoms with E-state index in [1.807, 2.05) is 39.0 Å². The third-order valence-corrected chi connectivity index (χ3v) is 1.96. The molecule has 0 saturated heterocycles. The lowest BCUT2D eigenvalue weighted by atomic mass is 10.1. The summed E-state index contributed by atoms with van der Waals surface area (Å²) in [4.78, 5) is 15.6. The van der Waals surface area contributed by atoms with Gasteiger partial charge in [-0.15, -0.1) is 0 Å². The van der Waals surface area contributed by atoms with Gasteiger partial charge in [-0.05, 0) is 45.7 Å². The summed E-state index contributed by atoms with van der Waals surface area (Å²) in [7, 11) is 0. The number of hydrogen-bond acceptors (Lipinski definition) is 3. The normalized spacial score (nSPS) is 11.2. The summed E-state index contributed by atoms with van der Waals surface area (Å²) in [5, 5.41) is 0. The first-order chi connectivity index (χ1) is 7.47. The van der Waals surface area contributed by atoms with Crippen LogP contribution in [0.1, 0.15) is 39.3 Å². The van der Waals surface area contributed by atoms with Gasteiger partial charge in [-0.25, -0.2) is 0 Å². The van der Waals surface area contributed by atoms with Crippen molar-refractivity contribution in [2.45, 2.75) is 45.6 Å². The van der Waals surface area contributed by atoms with Crippen molar-refractivity contribution in [3.8, 4) is 0 Å². The number of ether oxygens (including phenoxy) is 1. The SMILES string of the molecule is CC(C)(C)OC(=O)CCCc1ccccn1. The number of hydrogen-bond donors (Lipinski definition) is 0. The zero-order valence-corrected chi connectivity index (χ0v) is 10.2. The van der Waals surface area contributed by atoms with E-state index >= 15 is 0 Å². The highest BCUT2D eigenvalue weighted by Crippen LogP contribution is 2.10. The largest absolute Gasteiger partial charge is 0.460 e. The van der Waals surface area contributed by atoms with Crippen LogP contribution in [0, 0.1) is 0 Å². The van der Waals surface area contributed by atoms with E-state index in [4.69, 9.17) is 4.74 Å². The minimum absolute atomic E-state index is 0.136. The van der Waals surface area contributed by atoms with Crippen molar-refractivity contribution < 1.29 is 9.53 Å². The molecule has 1 rings (SSSR count). The van der Waals surface area contributed by atoms with Gasteiger partial charge < -0.3 is 4.74 Å². The Balaban J connectivity index is 2.24. The molecule has 0 aromatic carbocycles. The molecular formula is C13H19NO2. The maximum absolute atomic E-state index is 11.4. The van der Waals surface area contributed by atoms with E-state index in [0.717, 1.165) is 18.5 Å². The predicted octanol–water partition coefficient (Wildman–Crippen LogP) is 2.75. The molecule has 88 valence electrons. The number of esters is 1. The van der Waals surface area contributed by atoms with Crippen molar-refractivity contribution in [3.05, 3.63) is 30.1 Å². The lowest BCUT2D eigenvalue weighted by Gasteiger charge is -2.19. The van der Waals surface area contributed by atoms with Gasteiger partial charge in [0.05, 0.1) is 0 Å². The summed E-state index contributed by atoms with van der Waals surface area (Å²) < 4.78 is 5.22. The molecule has 1 aromatic heterocycles. The van der Waals surface area contributed by atoms with E-state index < -0.39 is 0 Å². The monoisotopic (exact) mass is 221 g/mol. The van der Waals surface area contributed by atoms with E-state index in [9.17, 15) is 4.79 Å². The summed E-state index contributed by atoms with van der Waals surface area (Å²) >= 11 is 0. The average Bonchev–Trinajstić information content (AvgIpc) is 2.16. The molecule has 0 radical (unpaired) electrons. The van der Waals surface area contributed by atoms with Gasteiger partial charge in [0.25, 0.3) is 0 Å². The molecular weight excluding hydrogens is 202 g/mol. The molecule has 1 heterocycles. The maximum atomic E-state index is 11.4. The minimum Gasteiger partial charge on any atom is -0.460 e. The van der Waals surface area contributed by atoms with Crippen molar-refractivity contribution in [1.82, 2.24) is 4.98 Å². The molecule has 0 bridgehead atoms. The summed E-state index contributed by atoms with van der Waals surface area (Å²) in [6.07, 6.45) is 3.82. The van der Waals surface area contributed by atoms with Crippen LogP contribution in [-0.4, -0.2) is 16.6 Å². The number of nitrogens with zero attached hydrogens (tertiary/aromatic N) is 1. The summed E-state index contributed by atoms with van der Waals surface area (Å²) in [5.41, 5.74) is 0.633. The van der Waals surface area contributed by atoms with Crippen LogP contribution in [0.4, 0.5) is 0 Å². The van der Waals surface area contributed by atoms with Crippen molar-refractivity contribution in [2.75, 3.05) is 0 Å². The molecule has 0 spiro atoms. The first-order valence-corrected chi connectivity index (χ1v) is 5.59. The third kappa shape index (κ3) is 5.49. The molecule has 16 heavy (non-hydrogen) atoms. The molecule has 0 fully saturated rings. The number of rotatable bonds is 4. The number of aryl methyl sites for hydroxylation is 1. The predicted molar refractivity (Wildman–Crippen MR) is 63.0 cm³/mol. The van der Waals surface area contributed by atoms with Gasteiger partial charge in [0.1, 0.15) is 5.60 Å². The van der Waals surface area contributed by atoms with Crippen molar-refractivity contribution >= 4 is 5.97 Å². The van der Waals surface area contributed by atoms with Crippen molar-refractivity contribution in [3.63, 3.8) is 0 Å². The van der Waals surface area contributed by atoms with Crippen molar-refractivity contribution in [1.29, 1.82) is 0 Å². The Labute approximate surface area is 96.8 Å². The van der Waals surface area contributed by atoms with Crippen LogP contribution in [0.25, 0.3) is 0 Å². The maximum Gasteiger partial charge on any atom is 0.306 e. The Kier molecular flexibility index (Phi) is 4.47. The molecule has 0 aliphatic heterocycles. The highest BCUT2D eigenvalue weighted by atomic mass is 16.6. The van der Waals surface area contributed by atoms with Gasteiger partial charge in [-0.2, -0.15) is 0 Å². The molecule has 1 aromatic rings. The second kappa shape index (κ2) is 5.64. The Bertz CT molecular complexity index is 328. The van der Waals surface area contributed by atoms with Gasteiger partial charge >= 0.3 is 5.97 Å². The molecule has 0 amide bonds. The van der Waals surface area contributed by atoms with E-state index in [1.54, 1.807) is 6.20 Å². The van der Waals surface area contributed by atoms with Crippen LogP contribution in [-0.2, 0) is 16.0 Å². The summed E-state index contributed by atoms with van der Waals surface area (Å²) in [6.45, 7) is 5.64. The zero-order chi connectivity index (χ0) is 12.0. The second-order valence-electron chi connectivity index (χ2n) is 4.76. The first-order valence-electron chi connectivity index (χ1n) is 5.59. The molecule has 0 unspecified atom stereocenters. The fourth-order valence-electron chi connectivity index (χ4n) is 1.35. The second-order valence-corrected chi connectivity index (χ2v) is 4.76. The quantitative estimate of drug-likeness (QED) is 0.734. The molecule has 0 atom stereocenters. The van der Waals surface area contributed by atoms with Gasteiger partial charge in [0.15, 0.2) is 0 Å². The molecule has 3 nitrogen and oxygen atoms in total. The lowest BCUT2D eigenvalue weighted by molar-refractivity contribution is -0.154. The van der Waals surface area contributed by atoms with Crippen molar-refractivity contribution in [2.24, 2.45) is 0 Å². The highest BCUT2D eigenvalue weighted by Gasteiger charge is 2.15. The van der Waals surface area contributed by atoms with Gasteiger partial charge in [0.2, 0.25) is 0 Å². The van der Waals surface area contributed by atoms with E-state index in [-0.39, 0.29) is 11.6 Å². The molecule has 3 heteroatoms. The summed E-state index contributed by atoms with van der Waals surface area (Å²) in [6, 6.07) is 5.81. The minimum atomic E-state index is -0.387. The Morgan fingerprint density at radius 3 is 2.69 bits per heavy atom. The van der Waals surface area contributed by atoms with Crippen LogP contribution in [0.15, 0.2) is 24.4 Å². The lowest BCUT2D eigenvalue weighted by Crippen LogP contribution is -2.23. The molecule has 0 saturated carbocycles. The fraction of sp³-hybridized carbons (Fsp3) is 0.538. The Morgan fingerprint density at radius 2 is 2.12 bits per heavy atom. The Hall–Kier alpha value is -1.38. The number of aromatic nitrogens is 1. The molecule has 0 aliphatic carbocycles. The Morgan fingerprint density at radius 1 is 1.38 bits per heavy atom. The zero-order valence-electron chi connectivity index (χ0n) is 10.2. The van der Waals surface area contributed by atoms with E-state index in [1.165, 1.54) is 0 Å². The van der Waals surface area contributed by atoms with Crippen LogP contribution < -0.4 is 0 Å². The number of pyridine rings is 1. The van der Waals surface area contributed by atoms with Gasteiger partial charge in [-0.1, -0.05) is 6.07 Å². The van der Waals surface area contributed by atoms with E-state index in [2.05, 4.69) is 4.98 Å². The number of carbonyl (C=O) groups excluding carboxylic acids is 1. The van der Waals surface area contributed by atoms with Crippen LogP contribution in [0.5, 0.6) is 0 Å². The molecule has 0 N–H and O–H groups in total.